The minimum atomic E-state index is -4.25. The number of sulfonamides is 1. The molecule has 148 valence electrons. The Labute approximate surface area is 167 Å². The second-order valence-electron chi connectivity index (χ2n) is 6.00. The number of primary sulfonamides is 1. The molecule has 0 aliphatic rings. The molecule has 28 heavy (non-hydrogen) atoms. The average molecular weight is 424 g/mol. The summed E-state index contributed by atoms with van der Waals surface area (Å²) in [5.74, 6) is -1.95. The number of para-hydroxylation sites is 1. The van der Waals surface area contributed by atoms with Crippen LogP contribution in [-0.2, 0) is 19.6 Å². The largest absolute Gasteiger partial charge is 0.326 e. The van der Waals surface area contributed by atoms with Gasteiger partial charge in [0.25, 0.3) is 5.91 Å². The van der Waals surface area contributed by atoms with Crippen molar-refractivity contribution in [2.45, 2.75) is 25.7 Å². The number of aryl methyl sites for hydroxylation is 1. The lowest BCUT2D eigenvalue weighted by Crippen LogP contribution is -2.36. The van der Waals surface area contributed by atoms with E-state index in [9.17, 15) is 22.8 Å². The van der Waals surface area contributed by atoms with Crippen LogP contribution in [0.1, 0.15) is 29.8 Å². The summed E-state index contributed by atoms with van der Waals surface area (Å²) in [5, 5.41) is 7.30. The number of carbonyl (C=O) groups is 3. The highest BCUT2D eigenvalue weighted by Crippen LogP contribution is 2.31. The number of nitrogens with zero attached hydrogens (tertiary/aromatic N) is 1. The third kappa shape index (κ3) is 4.56. The number of rotatable bonds is 4. The molecular formula is C18H18ClN3O5S. The number of hydrogen-bond acceptors (Lipinski definition) is 5. The van der Waals surface area contributed by atoms with Crippen molar-refractivity contribution < 1.29 is 22.8 Å². The predicted molar refractivity (Wildman–Crippen MR) is 106 cm³/mol. The maximum Gasteiger partial charge on any atom is 0.267 e. The fourth-order valence-corrected chi connectivity index (χ4v) is 3.70. The number of benzene rings is 2. The molecule has 8 nitrogen and oxygen atoms in total. The molecule has 0 aromatic heterocycles. The van der Waals surface area contributed by atoms with E-state index in [1.54, 1.807) is 31.2 Å². The van der Waals surface area contributed by atoms with Crippen LogP contribution in [0.5, 0.6) is 0 Å². The number of anilines is 2. The zero-order valence-corrected chi connectivity index (χ0v) is 16.9. The summed E-state index contributed by atoms with van der Waals surface area (Å²) in [4.78, 5) is 37.4. The van der Waals surface area contributed by atoms with Gasteiger partial charge in [0.15, 0.2) is 0 Å². The molecule has 3 N–H and O–H groups in total. The second-order valence-corrected chi connectivity index (χ2v) is 7.94. The number of halogens is 1. The number of imide groups is 1. The molecule has 0 spiro atoms. The predicted octanol–water partition coefficient (Wildman–Crippen LogP) is 2.45. The third-order valence-electron chi connectivity index (χ3n) is 3.79. The van der Waals surface area contributed by atoms with Gasteiger partial charge in [0.05, 0.1) is 22.0 Å². The number of hydrogen-bond donors (Lipinski definition) is 2. The minimum absolute atomic E-state index is 0.0465. The van der Waals surface area contributed by atoms with E-state index in [1.165, 1.54) is 13.8 Å². The Bertz CT molecular complexity index is 1080. The SMILES string of the molecule is CC(=O)Nc1cc(Cl)c(S(N)(=O)=O)cc1C(=O)N(C(C)=O)c1ccccc1C. The van der Waals surface area contributed by atoms with E-state index in [0.717, 1.165) is 17.0 Å². The summed E-state index contributed by atoms with van der Waals surface area (Å²) < 4.78 is 23.6. The summed E-state index contributed by atoms with van der Waals surface area (Å²) in [5.41, 5.74) is 0.672. The van der Waals surface area contributed by atoms with Gasteiger partial charge in [-0.3, -0.25) is 14.4 Å². The molecule has 2 aromatic carbocycles. The van der Waals surface area contributed by atoms with Crippen molar-refractivity contribution in [1.82, 2.24) is 0 Å². The van der Waals surface area contributed by atoms with Gasteiger partial charge in [-0.25, -0.2) is 18.5 Å². The Hall–Kier alpha value is -2.75. The average Bonchev–Trinajstić information content (AvgIpc) is 2.54. The molecule has 2 rings (SSSR count). The van der Waals surface area contributed by atoms with Crippen LogP contribution in [0, 0.1) is 6.92 Å². The van der Waals surface area contributed by atoms with Crippen LogP contribution in [-0.4, -0.2) is 26.1 Å². The molecule has 10 heteroatoms. The zero-order valence-electron chi connectivity index (χ0n) is 15.3. The smallest absolute Gasteiger partial charge is 0.267 e. The van der Waals surface area contributed by atoms with Gasteiger partial charge in [-0.05, 0) is 30.7 Å². The molecule has 0 bridgehead atoms. The van der Waals surface area contributed by atoms with Crippen LogP contribution in [0.2, 0.25) is 5.02 Å². The number of amides is 3. The molecule has 0 saturated heterocycles. The lowest BCUT2D eigenvalue weighted by atomic mass is 10.1. The lowest BCUT2D eigenvalue weighted by molar-refractivity contribution is -0.116. The topological polar surface area (TPSA) is 127 Å². The van der Waals surface area contributed by atoms with Crippen molar-refractivity contribution >= 4 is 50.7 Å². The summed E-state index contributed by atoms with van der Waals surface area (Å²) in [7, 11) is -4.25. The first-order valence-corrected chi connectivity index (χ1v) is 9.90. The lowest BCUT2D eigenvalue weighted by Gasteiger charge is -2.23. The van der Waals surface area contributed by atoms with Gasteiger partial charge in [0.2, 0.25) is 21.8 Å². The van der Waals surface area contributed by atoms with Gasteiger partial charge < -0.3 is 5.32 Å². The number of nitrogens with two attached hydrogens (primary N) is 1. The van der Waals surface area contributed by atoms with E-state index < -0.39 is 32.6 Å². The zero-order chi connectivity index (χ0) is 21.2. The first-order chi connectivity index (χ1) is 12.9. The Morgan fingerprint density at radius 3 is 2.21 bits per heavy atom. The fraction of sp³-hybridized carbons (Fsp3) is 0.167. The first kappa shape index (κ1) is 21.5. The van der Waals surface area contributed by atoms with Gasteiger partial charge in [0, 0.05) is 13.8 Å². The number of carbonyl (C=O) groups excluding carboxylic acids is 3. The highest BCUT2D eigenvalue weighted by molar-refractivity contribution is 7.89. The van der Waals surface area contributed by atoms with Gasteiger partial charge >= 0.3 is 0 Å². The van der Waals surface area contributed by atoms with E-state index >= 15 is 0 Å². The van der Waals surface area contributed by atoms with Crippen LogP contribution < -0.4 is 15.4 Å². The van der Waals surface area contributed by atoms with E-state index in [-0.39, 0.29) is 16.3 Å². The van der Waals surface area contributed by atoms with Gasteiger partial charge in [-0.15, -0.1) is 0 Å². The molecule has 0 aliphatic carbocycles. The maximum absolute atomic E-state index is 13.2. The van der Waals surface area contributed by atoms with E-state index in [4.69, 9.17) is 16.7 Å². The Kier molecular flexibility index (Phi) is 6.23. The molecule has 0 radical (unpaired) electrons. The van der Waals surface area contributed by atoms with Crippen molar-refractivity contribution in [3.8, 4) is 0 Å². The maximum atomic E-state index is 13.2. The quantitative estimate of drug-likeness (QED) is 0.780. The van der Waals surface area contributed by atoms with Crippen LogP contribution in [0.25, 0.3) is 0 Å². The highest BCUT2D eigenvalue weighted by atomic mass is 35.5. The normalized spacial score (nSPS) is 11.0. The highest BCUT2D eigenvalue weighted by Gasteiger charge is 2.28. The van der Waals surface area contributed by atoms with Crippen LogP contribution in [0.4, 0.5) is 11.4 Å². The van der Waals surface area contributed by atoms with Crippen molar-refractivity contribution in [2.24, 2.45) is 5.14 Å². The van der Waals surface area contributed by atoms with Crippen LogP contribution in [0.15, 0.2) is 41.3 Å². The monoisotopic (exact) mass is 423 g/mol. The molecule has 3 amide bonds. The number of nitrogens with one attached hydrogen (secondary N) is 1. The van der Waals surface area contributed by atoms with Crippen LogP contribution >= 0.6 is 11.6 Å². The third-order valence-corrected chi connectivity index (χ3v) is 5.17. The Balaban J connectivity index is 2.75. The molecule has 0 saturated carbocycles. The first-order valence-electron chi connectivity index (χ1n) is 7.98. The summed E-state index contributed by atoms with van der Waals surface area (Å²) in [6.07, 6.45) is 0. The molecule has 0 fully saturated rings. The van der Waals surface area contributed by atoms with Crippen LogP contribution in [0.3, 0.4) is 0 Å². The van der Waals surface area contributed by atoms with Gasteiger partial charge in [-0.2, -0.15) is 0 Å². The summed E-state index contributed by atoms with van der Waals surface area (Å²) in [6, 6.07) is 8.73. The summed E-state index contributed by atoms with van der Waals surface area (Å²) >= 11 is 5.96. The van der Waals surface area contributed by atoms with Crippen molar-refractivity contribution in [3.63, 3.8) is 0 Å². The fourth-order valence-electron chi connectivity index (χ4n) is 2.60. The minimum Gasteiger partial charge on any atom is -0.326 e. The second kappa shape index (κ2) is 8.09. The molecule has 0 heterocycles. The summed E-state index contributed by atoms with van der Waals surface area (Å²) in [6.45, 7) is 4.11. The molecule has 0 atom stereocenters. The molecule has 0 aliphatic heterocycles. The standard InChI is InChI=1S/C18H18ClN3O5S/c1-10-6-4-5-7-16(10)22(12(3)24)18(25)13-8-17(28(20,26)27)14(19)9-15(13)21-11(2)23/h4-9H,1-3H3,(H,21,23)(H2,20,26,27). The van der Waals surface area contributed by atoms with Crippen molar-refractivity contribution in [3.05, 3.63) is 52.5 Å². The van der Waals surface area contributed by atoms with E-state index in [2.05, 4.69) is 5.32 Å². The van der Waals surface area contributed by atoms with Crippen molar-refractivity contribution in [1.29, 1.82) is 0 Å². The van der Waals surface area contributed by atoms with E-state index in [1.807, 2.05) is 0 Å². The molecular weight excluding hydrogens is 406 g/mol. The van der Waals surface area contributed by atoms with E-state index in [0.29, 0.717) is 11.3 Å². The van der Waals surface area contributed by atoms with Gasteiger partial charge in [0.1, 0.15) is 4.90 Å². The molecule has 2 aromatic rings. The Morgan fingerprint density at radius 1 is 1.11 bits per heavy atom. The Morgan fingerprint density at radius 2 is 1.71 bits per heavy atom. The van der Waals surface area contributed by atoms with Gasteiger partial charge in [-0.1, -0.05) is 29.8 Å². The van der Waals surface area contributed by atoms with Crippen molar-refractivity contribution in [2.75, 3.05) is 10.2 Å². The molecule has 0 unspecified atom stereocenters.